The average molecular weight is 833 g/mol. The van der Waals surface area contributed by atoms with Crippen LogP contribution >= 0.6 is 22.7 Å². The molecule has 0 aliphatic carbocycles. The summed E-state index contributed by atoms with van der Waals surface area (Å²) < 4.78 is 7.20. The molecule has 2 atom stereocenters. The maximum Gasteiger partial charge on any atom is 0.262 e. The van der Waals surface area contributed by atoms with E-state index in [0.717, 1.165) is 39.0 Å². The highest BCUT2D eigenvalue weighted by molar-refractivity contribution is 7.19. The number of fused-ring (bicyclic) bond motifs is 2. The Kier molecular flexibility index (Phi) is 14.8. The molecule has 2 unspecified atom stereocenters. The molecule has 308 valence electrons. The van der Waals surface area contributed by atoms with Crippen LogP contribution in [0.5, 0.6) is 0 Å². The van der Waals surface area contributed by atoms with Crippen LogP contribution in [0.25, 0.3) is 32.6 Å². The van der Waals surface area contributed by atoms with E-state index in [9.17, 15) is 0 Å². The Balaban J connectivity index is 0.00000132. The molecular formula is C52H60N6S2+2. The Bertz CT molecular complexity index is 2320. The second-order valence-electron chi connectivity index (χ2n) is 14.7. The summed E-state index contributed by atoms with van der Waals surface area (Å²) in [6.07, 6.45) is 25.2. The van der Waals surface area contributed by atoms with Crippen molar-refractivity contribution in [3.05, 3.63) is 179 Å². The van der Waals surface area contributed by atoms with Crippen LogP contribution in [0.2, 0.25) is 0 Å². The van der Waals surface area contributed by atoms with Crippen molar-refractivity contribution in [3.63, 3.8) is 0 Å². The van der Waals surface area contributed by atoms with Gasteiger partial charge < -0.3 is 9.80 Å². The van der Waals surface area contributed by atoms with Gasteiger partial charge in [0.2, 0.25) is 11.0 Å². The van der Waals surface area contributed by atoms with E-state index in [1.54, 1.807) is 0 Å². The minimum Gasteiger partial charge on any atom is -0.331 e. The Labute approximate surface area is 365 Å². The van der Waals surface area contributed by atoms with Gasteiger partial charge in [-0.2, -0.15) is 9.13 Å². The molecule has 6 nitrogen and oxygen atoms in total. The monoisotopic (exact) mass is 832 g/mol. The molecule has 8 heteroatoms. The van der Waals surface area contributed by atoms with Crippen LogP contribution < -0.4 is 18.9 Å². The summed E-state index contributed by atoms with van der Waals surface area (Å²) in [5, 5.41) is 2.51. The summed E-state index contributed by atoms with van der Waals surface area (Å²) in [6.45, 7) is 12.0. The molecule has 0 radical (unpaired) electrons. The number of para-hydroxylation sites is 4. The van der Waals surface area contributed by atoms with E-state index in [1.807, 2.05) is 50.4 Å². The van der Waals surface area contributed by atoms with Crippen molar-refractivity contribution in [2.24, 2.45) is 14.1 Å². The zero-order chi connectivity index (χ0) is 41.8. The molecule has 60 heavy (non-hydrogen) atoms. The van der Waals surface area contributed by atoms with Crippen molar-refractivity contribution < 1.29 is 9.13 Å². The molecule has 0 amide bonds. The fourth-order valence-electron chi connectivity index (χ4n) is 8.25. The maximum atomic E-state index is 2.70. The number of thiazole rings is 2. The lowest BCUT2D eigenvalue weighted by molar-refractivity contribution is -0.642. The molecule has 0 N–H and O–H groups in total. The molecule has 1 fully saturated rings. The van der Waals surface area contributed by atoms with E-state index in [0.29, 0.717) is 0 Å². The van der Waals surface area contributed by atoms with E-state index in [-0.39, 0.29) is 12.3 Å². The quantitative estimate of drug-likeness (QED) is 0.142. The minimum absolute atomic E-state index is 0.247. The van der Waals surface area contributed by atoms with Gasteiger partial charge in [-0.15, -0.1) is 0 Å². The summed E-state index contributed by atoms with van der Waals surface area (Å²) in [4.78, 5) is 10.4. The Morgan fingerprint density at radius 3 is 1.25 bits per heavy atom. The van der Waals surface area contributed by atoms with Gasteiger partial charge >= 0.3 is 0 Å². The van der Waals surface area contributed by atoms with Crippen LogP contribution in [0.1, 0.15) is 50.6 Å². The number of aromatic nitrogens is 2. The molecule has 6 aromatic rings. The molecule has 1 saturated heterocycles. The lowest BCUT2D eigenvalue weighted by Gasteiger charge is -2.49. The van der Waals surface area contributed by atoms with Gasteiger partial charge in [-0.1, -0.05) is 135 Å². The first kappa shape index (κ1) is 42.7. The molecule has 4 aromatic carbocycles. The standard InChI is InChI=1S/C48H48N6S2.2C2H6/c1-49-41-21-9-11-23-43(41)55-47(49)25-13-15-37-27-29-53(39-17-5-3-6-18-39)45(35-37)51-31-33-52(34-32-51)46-36-38(28-30-54(46)40-19-7-4-8-20-40)16-14-26-48-50(2)42-22-10-12-24-44(42)56-48;2*1-2/h3-30,45-46H,31-36H2,1-2H3;2*1-2H3/q+2;;. The summed E-state index contributed by atoms with van der Waals surface area (Å²) in [5.41, 5.74) is 7.73. The van der Waals surface area contributed by atoms with Gasteiger partial charge in [0.05, 0.1) is 12.3 Å². The summed E-state index contributed by atoms with van der Waals surface area (Å²) in [7, 11) is 4.31. The lowest BCUT2D eigenvalue weighted by Crippen LogP contribution is -2.60. The number of aryl methyl sites for hydroxylation is 2. The zero-order valence-corrected chi connectivity index (χ0v) is 37.7. The van der Waals surface area contributed by atoms with Crippen molar-refractivity contribution in [2.75, 3.05) is 36.0 Å². The molecular weight excluding hydrogens is 773 g/mol. The minimum atomic E-state index is 0.247. The molecule has 3 aliphatic heterocycles. The fraction of sp³-hybridized carbons (Fsp3) is 0.269. The van der Waals surface area contributed by atoms with E-state index >= 15 is 0 Å². The van der Waals surface area contributed by atoms with Gasteiger partial charge in [-0.3, -0.25) is 9.80 Å². The highest BCUT2D eigenvalue weighted by Crippen LogP contribution is 2.33. The van der Waals surface area contributed by atoms with Crippen molar-refractivity contribution in [1.82, 2.24) is 9.80 Å². The van der Waals surface area contributed by atoms with Crippen molar-refractivity contribution >= 4 is 66.6 Å². The highest BCUT2D eigenvalue weighted by Gasteiger charge is 2.34. The van der Waals surface area contributed by atoms with Crippen molar-refractivity contribution in [2.45, 2.75) is 52.9 Å². The molecule has 0 bridgehead atoms. The fourth-order valence-corrected chi connectivity index (χ4v) is 10.4. The predicted molar refractivity (Wildman–Crippen MR) is 259 cm³/mol. The van der Waals surface area contributed by atoms with Gasteiger partial charge in [0.1, 0.15) is 23.5 Å². The van der Waals surface area contributed by atoms with Gasteiger partial charge in [0.15, 0.2) is 0 Å². The van der Waals surface area contributed by atoms with Gasteiger partial charge in [0, 0.05) is 87.1 Å². The topological polar surface area (TPSA) is 20.7 Å². The molecule has 0 spiro atoms. The van der Waals surface area contributed by atoms with E-state index in [2.05, 4.69) is 213 Å². The van der Waals surface area contributed by atoms with Crippen LogP contribution in [-0.2, 0) is 14.1 Å². The molecule has 9 rings (SSSR count). The summed E-state index contributed by atoms with van der Waals surface area (Å²) in [5.74, 6) is 0. The van der Waals surface area contributed by atoms with Gasteiger partial charge in [-0.05, 0) is 59.7 Å². The third kappa shape index (κ3) is 9.64. The number of nitrogens with zero attached hydrogens (tertiary/aromatic N) is 6. The lowest BCUT2D eigenvalue weighted by atomic mass is 10.0. The van der Waals surface area contributed by atoms with Crippen molar-refractivity contribution in [3.8, 4) is 0 Å². The third-order valence-corrected chi connectivity index (χ3v) is 13.7. The van der Waals surface area contributed by atoms with Crippen LogP contribution in [0.4, 0.5) is 11.4 Å². The van der Waals surface area contributed by atoms with E-state index in [1.165, 1.54) is 53.0 Å². The first-order valence-corrected chi connectivity index (χ1v) is 23.2. The van der Waals surface area contributed by atoms with Gasteiger partial charge in [0.25, 0.3) is 10.0 Å². The number of hydrogen-bond acceptors (Lipinski definition) is 6. The average Bonchev–Trinajstić information content (AvgIpc) is 3.82. The van der Waals surface area contributed by atoms with E-state index < -0.39 is 0 Å². The first-order chi connectivity index (χ1) is 29.6. The van der Waals surface area contributed by atoms with Crippen LogP contribution in [0, 0.1) is 0 Å². The summed E-state index contributed by atoms with van der Waals surface area (Å²) >= 11 is 3.68. The number of allylic oxidation sites excluding steroid dienone is 6. The smallest absolute Gasteiger partial charge is 0.262 e. The number of anilines is 2. The molecule has 2 aromatic heterocycles. The predicted octanol–water partition coefficient (Wildman–Crippen LogP) is 11.5. The van der Waals surface area contributed by atoms with Gasteiger partial charge in [-0.25, -0.2) is 0 Å². The number of benzene rings is 4. The number of hydrogen-bond donors (Lipinski definition) is 0. The summed E-state index contributed by atoms with van der Waals surface area (Å²) in [6, 6.07) is 39.0. The highest BCUT2D eigenvalue weighted by atomic mass is 32.1. The van der Waals surface area contributed by atoms with Crippen LogP contribution in [-0.4, -0.2) is 48.3 Å². The van der Waals surface area contributed by atoms with Crippen molar-refractivity contribution in [1.29, 1.82) is 0 Å². The molecule has 3 aliphatic rings. The first-order valence-electron chi connectivity index (χ1n) is 21.6. The van der Waals surface area contributed by atoms with Crippen LogP contribution in [0.3, 0.4) is 0 Å². The largest absolute Gasteiger partial charge is 0.331 e. The number of piperazine rings is 1. The Morgan fingerprint density at radius 2 is 0.867 bits per heavy atom. The second kappa shape index (κ2) is 20.7. The van der Waals surface area contributed by atoms with Crippen LogP contribution in [0.15, 0.2) is 169 Å². The van der Waals surface area contributed by atoms with E-state index in [4.69, 9.17) is 0 Å². The molecule has 5 heterocycles. The normalized spacial score (nSPS) is 20.0. The second-order valence-corrected chi connectivity index (χ2v) is 16.8. The Hall–Kier alpha value is -5.38. The molecule has 0 saturated carbocycles. The maximum absolute atomic E-state index is 2.70. The number of rotatable bonds is 8. The SMILES string of the molecule is CC.CC.C[n+]1c(/C=C/C=C2/C=CN(c3ccccc3)C(N3CCN(C4C/C(=C\C=C\c5sc6ccccc6[n+]5C)C=CN4c4ccccc4)CC3)C2)sc2ccccc21. The third-order valence-electron chi connectivity index (χ3n) is 11.3. The zero-order valence-electron chi connectivity index (χ0n) is 36.1. The Morgan fingerprint density at radius 1 is 0.500 bits per heavy atom.